The van der Waals surface area contributed by atoms with Gasteiger partial charge in [0, 0.05) is 23.4 Å². The summed E-state index contributed by atoms with van der Waals surface area (Å²) in [7, 11) is -3.74. The number of nitrogens with zero attached hydrogens (tertiary/aromatic N) is 2. The van der Waals surface area contributed by atoms with Gasteiger partial charge in [0.15, 0.2) is 10.9 Å². The van der Waals surface area contributed by atoms with Gasteiger partial charge < -0.3 is 0 Å². The van der Waals surface area contributed by atoms with E-state index in [-0.39, 0.29) is 23.1 Å². The largest absolute Gasteiger partial charge is 0.297 e. The highest BCUT2D eigenvalue weighted by molar-refractivity contribution is 7.89. The molecule has 3 heterocycles. The SMILES string of the molecule is CC(=O)c1cccc(S(=O)(=O)N2CCc3nc(NC(=O)c4cccs4)sc3C2)c1. The fourth-order valence-electron chi connectivity index (χ4n) is 3.02. The number of carbonyl (C=O) groups is 2. The third-order valence-electron chi connectivity index (χ3n) is 4.54. The van der Waals surface area contributed by atoms with Crippen LogP contribution in [0.3, 0.4) is 0 Å². The smallest absolute Gasteiger partial charge is 0.267 e. The van der Waals surface area contributed by atoms with Gasteiger partial charge in [-0.3, -0.25) is 14.9 Å². The van der Waals surface area contributed by atoms with Crippen molar-refractivity contribution in [3.63, 3.8) is 0 Å². The normalized spacial score (nSPS) is 14.4. The zero-order valence-corrected chi connectivity index (χ0v) is 17.9. The summed E-state index contributed by atoms with van der Waals surface area (Å²) >= 11 is 2.63. The van der Waals surface area contributed by atoms with Crippen LogP contribution in [-0.4, -0.2) is 35.9 Å². The lowest BCUT2D eigenvalue weighted by Gasteiger charge is -2.25. The van der Waals surface area contributed by atoms with Crippen LogP contribution in [0.15, 0.2) is 46.7 Å². The van der Waals surface area contributed by atoms with Crippen molar-refractivity contribution in [2.75, 3.05) is 11.9 Å². The number of sulfonamides is 1. The predicted octanol–water partition coefficient (Wildman–Crippen LogP) is 3.41. The Morgan fingerprint density at radius 2 is 2.03 bits per heavy atom. The lowest BCUT2D eigenvalue weighted by Crippen LogP contribution is -2.35. The number of hydrogen-bond acceptors (Lipinski definition) is 7. The average molecular weight is 448 g/mol. The maximum Gasteiger partial charge on any atom is 0.267 e. The number of Topliss-reactive ketones (excluding diaryl/α,β-unsaturated/α-hetero) is 1. The summed E-state index contributed by atoms with van der Waals surface area (Å²) in [5.74, 6) is -0.409. The number of aromatic nitrogens is 1. The third kappa shape index (κ3) is 4.01. The number of hydrogen-bond donors (Lipinski definition) is 1. The van der Waals surface area contributed by atoms with Crippen molar-refractivity contribution in [3.05, 3.63) is 62.8 Å². The molecule has 1 N–H and O–H groups in total. The van der Waals surface area contributed by atoms with Gasteiger partial charge in [-0.15, -0.1) is 22.7 Å². The molecule has 1 aromatic carbocycles. The second-order valence-corrected chi connectivity index (χ2v) is 10.5. The second kappa shape index (κ2) is 7.79. The minimum atomic E-state index is -3.74. The Bertz CT molecular complexity index is 1180. The van der Waals surface area contributed by atoms with Crippen molar-refractivity contribution >= 4 is 49.5 Å². The van der Waals surface area contributed by atoms with E-state index in [4.69, 9.17) is 0 Å². The Labute approximate surface area is 176 Å². The molecule has 0 fully saturated rings. The van der Waals surface area contributed by atoms with E-state index < -0.39 is 10.0 Å². The summed E-state index contributed by atoms with van der Waals surface area (Å²) in [6.45, 7) is 1.89. The number of ketones is 1. The molecule has 29 heavy (non-hydrogen) atoms. The molecular weight excluding hydrogens is 430 g/mol. The molecule has 4 rings (SSSR count). The lowest BCUT2D eigenvalue weighted by atomic mass is 10.2. The monoisotopic (exact) mass is 447 g/mol. The first kappa shape index (κ1) is 19.9. The van der Waals surface area contributed by atoms with Crippen LogP contribution in [-0.2, 0) is 23.0 Å². The van der Waals surface area contributed by atoms with Crippen molar-refractivity contribution in [1.29, 1.82) is 0 Å². The van der Waals surface area contributed by atoms with Gasteiger partial charge in [-0.1, -0.05) is 18.2 Å². The van der Waals surface area contributed by atoms with Crippen LogP contribution in [0.2, 0.25) is 0 Å². The Morgan fingerprint density at radius 1 is 1.21 bits per heavy atom. The number of fused-ring (bicyclic) bond motifs is 1. The van der Waals surface area contributed by atoms with Crippen molar-refractivity contribution in [1.82, 2.24) is 9.29 Å². The highest BCUT2D eigenvalue weighted by atomic mass is 32.2. The molecule has 0 saturated carbocycles. The highest BCUT2D eigenvalue weighted by Gasteiger charge is 2.31. The van der Waals surface area contributed by atoms with Crippen LogP contribution < -0.4 is 5.32 Å². The summed E-state index contributed by atoms with van der Waals surface area (Å²) < 4.78 is 27.5. The summed E-state index contributed by atoms with van der Waals surface area (Å²) in [6, 6.07) is 9.61. The number of benzene rings is 1. The van der Waals surface area contributed by atoms with Crippen LogP contribution in [0.4, 0.5) is 5.13 Å². The van der Waals surface area contributed by atoms with Crippen molar-refractivity contribution < 1.29 is 18.0 Å². The van der Waals surface area contributed by atoms with Gasteiger partial charge in [0.2, 0.25) is 10.0 Å². The Balaban J connectivity index is 1.54. The number of thiophene rings is 1. The van der Waals surface area contributed by atoms with Crippen LogP contribution in [0.1, 0.15) is 37.5 Å². The van der Waals surface area contributed by atoms with Gasteiger partial charge in [0.25, 0.3) is 5.91 Å². The Morgan fingerprint density at radius 3 is 2.76 bits per heavy atom. The summed E-state index contributed by atoms with van der Waals surface area (Å²) in [5, 5.41) is 5.07. The molecule has 1 aliphatic rings. The van der Waals surface area contributed by atoms with E-state index in [1.807, 2.05) is 5.38 Å². The summed E-state index contributed by atoms with van der Waals surface area (Å²) in [4.78, 5) is 29.8. The van der Waals surface area contributed by atoms with Gasteiger partial charge >= 0.3 is 0 Å². The molecule has 7 nitrogen and oxygen atoms in total. The first-order chi connectivity index (χ1) is 13.8. The zero-order chi connectivity index (χ0) is 20.6. The highest BCUT2D eigenvalue weighted by Crippen LogP contribution is 2.31. The van der Waals surface area contributed by atoms with Crippen LogP contribution in [0.5, 0.6) is 0 Å². The van der Waals surface area contributed by atoms with E-state index in [1.54, 1.807) is 24.3 Å². The fraction of sp³-hybridized carbons (Fsp3) is 0.211. The molecule has 1 amide bonds. The van der Waals surface area contributed by atoms with E-state index >= 15 is 0 Å². The zero-order valence-electron chi connectivity index (χ0n) is 15.4. The van der Waals surface area contributed by atoms with Gasteiger partial charge in [-0.2, -0.15) is 4.31 Å². The van der Waals surface area contributed by atoms with Crippen molar-refractivity contribution in [3.8, 4) is 0 Å². The molecule has 2 aromatic heterocycles. The van der Waals surface area contributed by atoms with Gasteiger partial charge in [0.05, 0.1) is 22.0 Å². The molecule has 0 atom stereocenters. The Hall–Kier alpha value is -2.40. The number of thiazole rings is 1. The van der Waals surface area contributed by atoms with Crippen molar-refractivity contribution in [2.45, 2.75) is 24.8 Å². The molecule has 10 heteroatoms. The quantitative estimate of drug-likeness (QED) is 0.605. The molecule has 1 aliphatic heterocycles. The van der Waals surface area contributed by atoms with Gasteiger partial charge in [-0.05, 0) is 30.5 Å². The van der Waals surface area contributed by atoms with Gasteiger partial charge in [0.1, 0.15) is 0 Å². The van der Waals surface area contributed by atoms with E-state index in [9.17, 15) is 18.0 Å². The number of anilines is 1. The fourth-order valence-corrected chi connectivity index (χ4v) is 6.20. The molecule has 0 radical (unpaired) electrons. The minimum Gasteiger partial charge on any atom is -0.297 e. The molecule has 3 aromatic rings. The minimum absolute atomic E-state index is 0.101. The Kier molecular flexibility index (Phi) is 5.34. The predicted molar refractivity (Wildman–Crippen MR) is 112 cm³/mol. The lowest BCUT2D eigenvalue weighted by molar-refractivity contribution is 0.101. The van der Waals surface area contributed by atoms with Crippen LogP contribution >= 0.6 is 22.7 Å². The van der Waals surface area contributed by atoms with E-state index in [0.29, 0.717) is 28.5 Å². The summed E-state index contributed by atoms with van der Waals surface area (Å²) in [5.41, 5.74) is 1.17. The average Bonchev–Trinajstić information content (AvgIpc) is 3.37. The second-order valence-electron chi connectivity index (χ2n) is 6.49. The molecule has 0 aliphatic carbocycles. The molecule has 0 saturated heterocycles. The van der Waals surface area contributed by atoms with Crippen LogP contribution in [0, 0.1) is 0 Å². The standard InChI is InChI=1S/C19H17N3O4S3/c1-12(23)13-4-2-5-14(10-13)29(25,26)22-8-7-15-17(11-22)28-19(20-15)21-18(24)16-6-3-9-27-16/h2-6,9-10H,7-8,11H2,1H3,(H,20,21,24). The summed E-state index contributed by atoms with van der Waals surface area (Å²) in [6.07, 6.45) is 0.465. The molecule has 0 unspecified atom stereocenters. The van der Waals surface area contributed by atoms with E-state index in [0.717, 1.165) is 10.6 Å². The first-order valence-electron chi connectivity index (χ1n) is 8.79. The number of nitrogens with one attached hydrogen (secondary N) is 1. The molecule has 0 bridgehead atoms. The number of amides is 1. The molecule has 150 valence electrons. The third-order valence-corrected chi connectivity index (χ3v) is 8.25. The van der Waals surface area contributed by atoms with E-state index in [1.165, 1.54) is 46.0 Å². The maximum absolute atomic E-state index is 13.0. The number of rotatable bonds is 5. The van der Waals surface area contributed by atoms with Gasteiger partial charge in [-0.25, -0.2) is 13.4 Å². The topological polar surface area (TPSA) is 96.4 Å². The molecular formula is C19H17N3O4S3. The first-order valence-corrected chi connectivity index (χ1v) is 11.9. The number of carbonyl (C=O) groups excluding carboxylic acids is 2. The molecule has 0 spiro atoms. The van der Waals surface area contributed by atoms with Crippen molar-refractivity contribution in [2.24, 2.45) is 0 Å². The maximum atomic E-state index is 13.0. The van der Waals surface area contributed by atoms with Crippen LogP contribution in [0.25, 0.3) is 0 Å². The van der Waals surface area contributed by atoms with E-state index in [2.05, 4.69) is 10.3 Å².